The van der Waals surface area contributed by atoms with Crippen LogP contribution in [0.2, 0.25) is 0 Å². The first-order chi connectivity index (χ1) is 13.0. The van der Waals surface area contributed by atoms with Gasteiger partial charge in [-0.05, 0) is 18.3 Å². The van der Waals surface area contributed by atoms with Gasteiger partial charge in [0.2, 0.25) is 0 Å². The fourth-order valence-electron chi connectivity index (χ4n) is 3.35. The first kappa shape index (κ1) is 23.9. The fraction of sp³-hybridized carbons (Fsp3) is 1.00. The van der Waals surface area contributed by atoms with Crippen LogP contribution >= 0.6 is 0 Å². The maximum atomic E-state index is 10.7. The van der Waals surface area contributed by atoms with Crippen LogP contribution in [-0.2, 0) is 23.7 Å². The number of rotatable bonds is 6. The quantitative estimate of drug-likeness (QED) is 0.358. The SMILES string of the molecule is CO[C@H]1O[C@H](O[C@@H]2[C@@H](O)[C@H](CCC(C)(C)C)O[C@H](OC)[C@@H]2O)[C@H](O)[C@@H](O)[C@H]1O. The van der Waals surface area contributed by atoms with Crippen LogP contribution in [0.3, 0.4) is 0 Å². The van der Waals surface area contributed by atoms with Crippen molar-refractivity contribution in [3.8, 4) is 0 Å². The molecule has 2 aliphatic rings. The van der Waals surface area contributed by atoms with Crippen molar-refractivity contribution < 1.29 is 49.2 Å². The summed E-state index contributed by atoms with van der Waals surface area (Å²) in [7, 11) is 2.62. The van der Waals surface area contributed by atoms with Crippen molar-refractivity contribution in [3.05, 3.63) is 0 Å². The number of methoxy groups -OCH3 is 2. The summed E-state index contributed by atoms with van der Waals surface area (Å²) < 4.78 is 26.7. The van der Waals surface area contributed by atoms with E-state index in [9.17, 15) is 25.5 Å². The average molecular weight is 410 g/mol. The van der Waals surface area contributed by atoms with E-state index in [1.807, 2.05) is 0 Å². The van der Waals surface area contributed by atoms with E-state index < -0.39 is 61.6 Å². The molecule has 2 heterocycles. The van der Waals surface area contributed by atoms with Gasteiger partial charge in [-0.25, -0.2) is 0 Å². The second-order valence-corrected chi connectivity index (χ2v) is 8.54. The zero-order valence-corrected chi connectivity index (χ0v) is 17.0. The molecule has 0 aliphatic carbocycles. The summed E-state index contributed by atoms with van der Waals surface area (Å²) in [5, 5.41) is 51.2. The Bertz CT molecular complexity index is 481. The molecular formula is C18H34O10. The molecule has 0 aromatic carbocycles. The Hall–Kier alpha value is -0.400. The zero-order valence-electron chi connectivity index (χ0n) is 17.0. The van der Waals surface area contributed by atoms with Crippen LogP contribution in [0.15, 0.2) is 0 Å². The molecule has 10 nitrogen and oxygen atoms in total. The molecule has 0 aromatic heterocycles. The van der Waals surface area contributed by atoms with Gasteiger partial charge < -0.3 is 49.2 Å². The van der Waals surface area contributed by atoms with Gasteiger partial charge in [-0.15, -0.1) is 0 Å². The van der Waals surface area contributed by atoms with E-state index in [0.29, 0.717) is 6.42 Å². The van der Waals surface area contributed by atoms with Gasteiger partial charge in [0.1, 0.15) is 36.6 Å². The predicted molar refractivity (Wildman–Crippen MR) is 94.9 cm³/mol. The monoisotopic (exact) mass is 410 g/mol. The number of aliphatic hydroxyl groups excluding tert-OH is 5. The Kier molecular flexibility index (Phi) is 8.19. The molecule has 166 valence electrons. The summed E-state index contributed by atoms with van der Waals surface area (Å²) in [4.78, 5) is 0. The summed E-state index contributed by atoms with van der Waals surface area (Å²) in [6.45, 7) is 6.17. The van der Waals surface area contributed by atoms with Crippen LogP contribution in [-0.4, -0.2) is 101 Å². The topological polar surface area (TPSA) is 147 Å². The summed E-state index contributed by atoms with van der Waals surface area (Å²) in [6, 6.07) is 0. The molecule has 2 fully saturated rings. The zero-order chi connectivity index (χ0) is 21.2. The summed E-state index contributed by atoms with van der Waals surface area (Å²) in [5.74, 6) is 0. The number of hydrogen-bond acceptors (Lipinski definition) is 10. The maximum absolute atomic E-state index is 10.7. The molecule has 0 aromatic rings. The Morgan fingerprint density at radius 3 is 1.79 bits per heavy atom. The Balaban J connectivity index is 2.14. The molecule has 0 unspecified atom stereocenters. The highest BCUT2D eigenvalue weighted by Crippen LogP contribution is 2.32. The molecule has 2 aliphatic heterocycles. The largest absolute Gasteiger partial charge is 0.388 e. The second kappa shape index (κ2) is 9.61. The van der Waals surface area contributed by atoms with Crippen molar-refractivity contribution in [2.75, 3.05) is 14.2 Å². The van der Waals surface area contributed by atoms with Crippen molar-refractivity contribution in [2.45, 2.75) is 95.2 Å². The number of hydrogen-bond donors (Lipinski definition) is 5. The van der Waals surface area contributed by atoms with Gasteiger partial charge in [0, 0.05) is 14.2 Å². The van der Waals surface area contributed by atoms with E-state index in [2.05, 4.69) is 20.8 Å². The molecule has 0 amide bonds. The summed E-state index contributed by atoms with van der Waals surface area (Å²) in [6.07, 6.45) is -11.7. The maximum Gasteiger partial charge on any atom is 0.189 e. The third-order valence-electron chi connectivity index (χ3n) is 5.10. The van der Waals surface area contributed by atoms with E-state index in [4.69, 9.17) is 23.7 Å². The number of ether oxygens (including phenoxy) is 5. The van der Waals surface area contributed by atoms with Gasteiger partial charge in [-0.2, -0.15) is 0 Å². The van der Waals surface area contributed by atoms with E-state index in [1.165, 1.54) is 14.2 Å². The molecule has 0 radical (unpaired) electrons. The van der Waals surface area contributed by atoms with Crippen LogP contribution in [0.5, 0.6) is 0 Å². The minimum Gasteiger partial charge on any atom is -0.388 e. The van der Waals surface area contributed by atoms with Crippen LogP contribution in [0, 0.1) is 5.41 Å². The highest BCUT2D eigenvalue weighted by Gasteiger charge is 2.51. The molecule has 10 atom stereocenters. The molecule has 2 rings (SSSR count). The standard InChI is InChI=1S/C18H34O10/c1-18(2,3)7-6-8-9(19)14(13(23)16(25-5)26-8)27-17-12(22)10(20)11(21)15(24-4)28-17/h8-17,19-23H,6-7H2,1-5H3/t8-,9-,10-,11+,12+,13+,14+,15-,16-,17-/m0/s1. The van der Waals surface area contributed by atoms with Crippen molar-refractivity contribution >= 4 is 0 Å². The second-order valence-electron chi connectivity index (χ2n) is 8.54. The lowest BCUT2D eigenvalue weighted by atomic mass is 9.86. The van der Waals surface area contributed by atoms with E-state index in [-0.39, 0.29) is 5.41 Å². The smallest absolute Gasteiger partial charge is 0.189 e. The van der Waals surface area contributed by atoms with E-state index in [1.54, 1.807) is 0 Å². The van der Waals surface area contributed by atoms with Crippen molar-refractivity contribution in [2.24, 2.45) is 5.41 Å². The first-order valence-corrected chi connectivity index (χ1v) is 9.42. The fourth-order valence-corrected chi connectivity index (χ4v) is 3.35. The minimum absolute atomic E-state index is 0.00662. The van der Waals surface area contributed by atoms with Crippen molar-refractivity contribution in [1.82, 2.24) is 0 Å². The van der Waals surface area contributed by atoms with Gasteiger partial charge in [-0.3, -0.25) is 0 Å². The summed E-state index contributed by atoms with van der Waals surface area (Å²) in [5.41, 5.74) is 0.00662. The molecule has 10 heteroatoms. The van der Waals surface area contributed by atoms with Crippen molar-refractivity contribution in [1.29, 1.82) is 0 Å². The van der Waals surface area contributed by atoms with Crippen LogP contribution in [0.25, 0.3) is 0 Å². The number of aliphatic hydroxyl groups is 5. The average Bonchev–Trinajstić information content (AvgIpc) is 2.63. The van der Waals surface area contributed by atoms with Gasteiger partial charge >= 0.3 is 0 Å². The Labute approximate surface area is 164 Å². The normalized spacial score (nSPS) is 45.2. The van der Waals surface area contributed by atoms with Crippen LogP contribution in [0.1, 0.15) is 33.6 Å². The van der Waals surface area contributed by atoms with Crippen LogP contribution in [0.4, 0.5) is 0 Å². The Morgan fingerprint density at radius 2 is 1.25 bits per heavy atom. The molecule has 0 bridgehead atoms. The molecule has 28 heavy (non-hydrogen) atoms. The highest BCUT2D eigenvalue weighted by atomic mass is 16.8. The molecular weight excluding hydrogens is 376 g/mol. The lowest BCUT2D eigenvalue weighted by Gasteiger charge is -2.46. The van der Waals surface area contributed by atoms with E-state index >= 15 is 0 Å². The molecule has 0 saturated carbocycles. The lowest BCUT2D eigenvalue weighted by molar-refractivity contribution is -0.379. The third kappa shape index (κ3) is 5.39. The first-order valence-electron chi connectivity index (χ1n) is 9.42. The summed E-state index contributed by atoms with van der Waals surface area (Å²) >= 11 is 0. The van der Waals surface area contributed by atoms with Crippen LogP contribution < -0.4 is 0 Å². The molecule has 2 saturated heterocycles. The molecule has 5 N–H and O–H groups in total. The van der Waals surface area contributed by atoms with Crippen molar-refractivity contribution in [3.63, 3.8) is 0 Å². The molecule has 0 spiro atoms. The Morgan fingerprint density at radius 1 is 0.714 bits per heavy atom. The highest BCUT2D eigenvalue weighted by molar-refractivity contribution is 4.93. The van der Waals surface area contributed by atoms with Gasteiger partial charge in [0.15, 0.2) is 18.9 Å². The van der Waals surface area contributed by atoms with Gasteiger partial charge in [0.05, 0.1) is 6.10 Å². The van der Waals surface area contributed by atoms with Gasteiger partial charge in [0.25, 0.3) is 0 Å². The van der Waals surface area contributed by atoms with Gasteiger partial charge in [-0.1, -0.05) is 20.8 Å². The predicted octanol–water partition coefficient (Wildman–Crippen LogP) is -1.30. The third-order valence-corrected chi connectivity index (χ3v) is 5.10. The minimum atomic E-state index is -1.61. The lowest BCUT2D eigenvalue weighted by Crippen LogP contribution is -2.64. The van der Waals surface area contributed by atoms with E-state index in [0.717, 1.165) is 6.42 Å².